The van der Waals surface area contributed by atoms with Gasteiger partial charge < -0.3 is 14.8 Å². The molecule has 0 unspecified atom stereocenters. The average molecular weight is 483 g/mol. The molecule has 4 rings (SSSR count). The number of nitrogens with zero attached hydrogens (tertiary/aromatic N) is 1. The Morgan fingerprint density at radius 1 is 1.06 bits per heavy atom. The number of halogens is 1. The van der Waals surface area contributed by atoms with E-state index in [9.17, 15) is 10.1 Å². The summed E-state index contributed by atoms with van der Waals surface area (Å²) in [5.74, 6) is 0.568. The third-order valence-corrected chi connectivity index (χ3v) is 6.07. The van der Waals surface area contributed by atoms with Crippen molar-refractivity contribution >= 4 is 40.0 Å². The zero-order chi connectivity index (χ0) is 24.8. The lowest BCUT2D eigenvalue weighted by atomic mass is 10.1. The molecule has 0 aliphatic heterocycles. The van der Waals surface area contributed by atoms with Gasteiger partial charge in [-0.2, -0.15) is 5.26 Å². The minimum atomic E-state index is -0.534. The number of nitriles is 1. The predicted molar refractivity (Wildman–Crippen MR) is 140 cm³/mol. The Morgan fingerprint density at radius 2 is 1.83 bits per heavy atom. The van der Waals surface area contributed by atoms with Gasteiger partial charge in [-0.1, -0.05) is 60.1 Å². The summed E-state index contributed by atoms with van der Waals surface area (Å²) in [6.07, 6.45) is 1.51. The van der Waals surface area contributed by atoms with E-state index in [1.807, 2.05) is 30.3 Å². The van der Waals surface area contributed by atoms with Gasteiger partial charge in [-0.3, -0.25) is 4.79 Å². The van der Waals surface area contributed by atoms with Crippen molar-refractivity contribution in [3.8, 4) is 17.6 Å². The van der Waals surface area contributed by atoms with Crippen LogP contribution in [0.15, 0.2) is 84.4 Å². The van der Waals surface area contributed by atoms with Crippen LogP contribution in [0.3, 0.4) is 0 Å². The van der Waals surface area contributed by atoms with E-state index in [0.29, 0.717) is 34.4 Å². The lowest BCUT2D eigenvalue weighted by Gasteiger charge is -2.13. The van der Waals surface area contributed by atoms with Crippen LogP contribution in [-0.4, -0.2) is 13.0 Å². The third-order valence-electron chi connectivity index (χ3n) is 5.66. The van der Waals surface area contributed by atoms with Crippen molar-refractivity contribution in [3.63, 3.8) is 0 Å². The summed E-state index contributed by atoms with van der Waals surface area (Å²) < 4.78 is 11.5. The number of amides is 1. The third kappa shape index (κ3) is 5.46. The normalized spacial score (nSPS) is 11.1. The lowest BCUT2D eigenvalue weighted by molar-refractivity contribution is -0.112. The molecular weight excluding hydrogens is 460 g/mol. The van der Waals surface area contributed by atoms with Gasteiger partial charge in [0.25, 0.3) is 5.91 Å². The van der Waals surface area contributed by atoms with E-state index >= 15 is 0 Å². The van der Waals surface area contributed by atoms with Crippen LogP contribution < -0.4 is 14.8 Å². The van der Waals surface area contributed by atoms with Crippen LogP contribution in [0.2, 0.25) is 5.02 Å². The molecular formula is C29H23ClN2O3. The molecule has 174 valence electrons. The topological polar surface area (TPSA) is 71.3 Å². The fourth-order valence-corrected chi connectivity index (χ4v) is 3.87. The number of hydrogen-bond donors (Lipinski definition) is 1. The Hall–Kier alpha value is -4.27. The number of carbonyl (C=O) groups excluding carboxylic acids is 1. The van der Waals surface area contributed by atoms with Gasteiger partial charge in [0.15, 0.2) is 0 Å². The van der Waals surface area contributed by atoms with Gasteiger partial charge in [0.2, 0.25) is 0 Å². The lowest BCUT2D eigenvalue weighted by Crippen LogP contribution is -2.14. The summed E-state index contributed by atoms with van der Waals surface area (Å²) >= 11 is 6.15. The maximum Gasteiger partial charge on any atom is 0.266 e. The molecule has 35 heavy (non-hydrogen) atoms. The maximum absolute atomic E-state index is 12.9. The van der Waals surface area contributed by atoms with Crippen molar-refractivity contribution in [3.05, 3.63) is 106 Å². The highest BCUT2D eigenvalue weighted by molar-refractivity contribution is 6.31. The maximum atomic E-state index is 12.9. The van der Waals surface area contributed by atoms with E-state index in [1.54, 1.807) is 50.4 Å². The smallest absolute Gasteiger partial charge is 0.266 e. The summed E-state index contributed by atoms with van der Waals surface area (Å²) in [6.45, 7) is 2.11. The van der Waals surface area contributed by atoms with E-state index in [4.69, 9.17) is 21.1 Å². The summed E-state index contributed by atoms with van der Waals surface area (Å²) in [4.78, 5) is 12.9. The fraction of sp³-hybridized carbons (Fsp3) is 0.103. The quantitative estimate of drug-likeness (QED) is 0.229. The monoisotopic (exact) mass is 482 g/mol. The predicted octanol–water partition coefficient (Wildman–Crippen LogP) is 6.93. The summed E-state index contributed by atoms with van der Waals surface area (Å²) in [7, 11) is 1.57. The molecule has 1 amide bonds. The highest BCUT2D eigenvalue weighted by Crippen LogP contribution is 2.29. The van der Waals surface area contributed by atoms with Gasteiger partial charge in [0.05, 0.1) is 7.11 Å². The van der Waals surface area contributed by atoms with Crippen LogP contribution >= 0.6 is 11.6 Å². The summed E-state index contributed by atoms with van der Waals surface area (Å²) in [6, 6.07) is 26.6. The second-order valence-electron chi connectivity index (χ2n) is 7.87. The van der Waals surface area contributed by atoms with Gasteiger partial charge >= 0.3 is 0 Å². The van der Waals surface area contributed by atoms with Gasteiger partial charge in [-0.05, 0) is 59.2 Å². The van der Waals surface area contributed by atoms with Crippen molar-refractivity contribution in [1.82, 2.24) is 0 Å². The van der Waals surface area contributed by atoms with Crippen molar-refractivity contribution in [2.75, 3.05) is 12.4 Å². The van der Waals surface area contributed by atoms with E-state index in [-0.39, 0.29) is 5.57 Å². The Bertz CT molecular complexity index is 1470. The van der Waals surface area contributed by atoms with Crippen molar-refractivity contribution in [2.45, 2.75) is 13.5 Å². The van der Waals surface area contributed by atoms with Gasteiger partial charge in [-0.25, -0.2) is 0 Å². The molecule has 0 fully saturated rings. The van der Waals surface area contributed by atoms with E-state index < -0.39 is 5.91 Å². The Labute approximate surface area is 209 Å². The number of nitrogens with one attached hydrogen (secondary N) is 1. The van der Waals surface area contributed by atoms with E-state index in [2.05, 4.69) is 23.5 Å². The highest BCUT2D eigenvalue weighted by Gasteiger charge is 2.14. The largest absolute Gasteiger partial charge is 0.497 e. The van der Waals surface area contributed by atoms with E-state index in [1.165, 1.54) is 6.08 Å². The fourth-order valence-electron chi connectivity index (χ4n) is 3.70. The number of hydrogen-bond acceptors (Lipinski definition) is 4. The first-order chi connectivity index (χ1) is 17.0. The molecule has 0 saturated heterocycles. The number of anilines is 1. The first-order valence-corrected chi connectivity index (χ1v) is 11.3. The van der Waals surface area contributed by atoms with Gasteiger partial charge in [-0.15, -0.1) is 0 Å². The molecule has 0 aliphatic carbocycles. The standard InChI is InChI=1S/C29H23ClN2O3/c1-19-26(30)11-6-12-27(19)32-29(33)23(17-31)15-21-13-14-24(34-2)16-28(21)35-18-22-9-5-8-20-7-3-4-10-25(20)22/h3-16H,18H2,1-2H3,(H,32,33)/b23-15+. The second kappa shape index (κ2) is 10.8. The molecule has 0 aromatic heterocycles. The van der Waals surface area contributed by atoms with Crippen LogP contribution in [0.5, 0.6) is 11.5 Å². The van der Waals surface area contributed by atoms with Crippen LogP contribution in [0.25, 0.3) is 16.8 Å². The molecule has 0 heterocycles. The van der Waals surface area contributed by atoms with Crippen molar-refractivity contribution in [1.29, 1.82) is 5.26 Å². The molecule has 5 nitrogen and oxygen atoms in total. The van der Waals surface area contributed by atoms with Crippen molar-refractivity contribution < 1.29 is 14.3 Å². The second-order valence-corrected chi connectivity index (χ2v) is 8.27. The number of rotatable bonds is 7. The van der Waals surface area contributed by atoms with Crippen LogP contribution in [0, 0.1) is 18.3 Å². The Morgan fingerprint density at radius 3 is 2.63 bits per heavy atom. The van der Waals surface area contributed by atoms with Gasteiger partial charge in [0.1, 0.15) is 29.7 Å². The van der Waals surface area contributed by atoms with Crippen LogP contribution in [-0.2, 0) is 11.4 Å². The first kappa shape index (κ1) is 23.9. The molecule has 0 spiro atoms. The summed E-state index contributed by atoms with van der Waals surface area (Å²) in [5.41, 5.74) is 2.81. The van der Waals surface area contributed by atoms with Gasteiger partial charge in [0, 0.05) is 22.3 Å². The molecule has 0 bridgehead atoms. The number of methoxy groups -OCH3 is 1. The number of fused-ring (bicyclic) bond motifs is 1. The first-order valence-electron chi connectivity index (χ1n) is 11.0. The SMILES string of the molecule is COc1ccc(/C=C(\C#N)C(=O)Nc2cccc(Cl)c2C)c(OCc2cccc3ccccc23)c1. The molecule has 0 radical (unpaired) electrons. The minimum Gasteiger partial charge on any atom is -0.497 e. The van der Waals surface area contributed by atoms with E-state index in [0.717, 1.165) is 21.9 Å². The number of carbonyl (C=O) groups is 1. The molecule has 6 heteroatoms. The zero-order valence-electron chi connectivity index (χ0n) is 19.3. The molecule has 0 saturated carbocycles. The number of ether oxygens (including phenoxy) is 2. The molecule has 0 atom stereocenters. The summed E-state index contributed by atoms with van der Waals surface area (Å²) in [5, 5.41) is 15.2. The van der Waals surface area contributed by atoms with Crippen LogP contribution in [0.4, 0.5) is 5.69 Å². The highest BCUT2D eigenvalue weighted by atomic mass is 35.5. The molecule has 1 N–H and O–H groups in total. The number of benzene rings is 4. The minimum absolute atomic E-state index is 0.0652. The zero-order valence-corrected chi connectivity index (χ0v) is 20.1. The Kier molecular flexibility index (Phi) is 7.35. The molecule has 4 aromatic rings. The Balaban J connectivity index is 1.63. The molecule has 4 aromatic carbocycles. The average Bonchev–Trinajstić information content (AvgIpc) is 2.88. The van der Waals surface area contributed by atoms with Crippen LogP contribution in [0.1, 0.15) is 16.7 Å². The molecule has 0 aliphatic rings. The van der Waals surface area contributed by atoms with Crippen molar-refractivity contribution in [2.24, 2.45) is 0 Å².